The van der Waals surface area contributed by atoms with Crippen LogP contribution in [-0.2, 0) is 11.3 Å². The number of nitrogens with one attached hydrogen (secondary N) is 1. The minimum Gasteiger partial charge on any atom is -0.375 e. The van der Waals surface area contributed by atoms with Crippen molar-refractivity contribution in [2.45, 2.75) is 51.5 Å². The maximum absolute atomic E-state index is 13.6. The van der Waals surface area contributed by atoms with Crippen molar-refractivity contribution in [1.82, 2.24) is 5.32 Å². The van der Waals surface area contributed by atoms with Gasteiger partial charge < -0.3 is 10.1 Å². The fourth-order valence-corrected chi connectivity index (χ4v) is 2.91. The van der Waals surface area contributed by atoms with E-state index >= 15 is 0 Å². The lowest BCUT2D eigenvalue weighted by atomic mass is 9.99. The summed E-state index contributed by atoms with van der Waals surface area (Å²) < 4.78 is 20.2. The molecule has 18 heavy (non-hydrogen) atoms. The van der Waals surface area contributed by atoms with Crippen molar-refractivity contribution < 1.29 is 9.13 Å². The van der Waals surface area contributed by atoms with Gasteiger partial charge in [-0.2, -0.15) is 0 Å². The fourth-order valence-electron chi connectivity index (χ4n) is 2.50. The van der Waals surface area contributed by atoms with Crippen molar-refractivity contribution in [3.63, 3.8) is 0 Å². The molecule has 2 nitrogen and oxygen atoms in total. The molecule has 0 aliphatic carbocycles. The van der Waals surface area contributed by atoms with Gasteiger partial charge in [-0.1, -0.05) is 15.9 Å². The van der Waals surface area contributed by atoms with Gasteiger partial charge in [-0.25, -0.2) is 4.39 Å². The molecule has 0 saturated carbocycles. The molecule has 2 unspecified atom stereocenters. The lowest BCUT2D eigenvalue weighted by molar-refractivity contribution is -0.0423. The second-order valence-electron chi connectivity index (χ2n) is 5.04. The largest absolute Gasteiger partial charge is 0.375 e. The van der Waals surface area contributed by atoms with Gasteiger partial charge in [0.25, 0.3) is 0 Å². The summed E-state index contributed by atoms with van der Waals surface area (Å²) in [6, 6.07) is 5.45. The molecule has 0 aromatic heterocycles. The van der Waals surface area contributed by atoms with Gasteiger partial charge in [0.15, 0.2) is 0 Å². The molecule has 1 fully saturated rings. The number of hydrogen-bond acceptors (Lipinski definition) is 2. The van der Waals surface area contributed by atoms with Gasteiger partial charge in [0.1, 0.15) is 5.82 Å². The van der Waals surface area contributed by atoms with Gasteiger partial charge in [0.2, 0.25) is 0 Å². The Morgan fingerprint density at radius 3 is 2.67 bits per heavy atom. The van der Waals surface area contributed by atoms with Crippen molar-refractivity contribution in [2.75, 3.05) is 0 Å². The second kappa shape index (κ2) is 6.13. The first-order valence-corrected chi connectivity index (χ1v) is 7.16. The Hall–Kier alpha value is -0.450. The molecule has 0 radical (unpaired) electrons. The highest BCUT2D eigenvalue weighted by Gasteiger charge is 2.23. The van der Waals surface area contributed by atoms with E-state index in [0.29, 0.717) is 18.2 Å². The molecule has 1 aromatic carbocycles. The second-order valence-corrected chi connectivity index (χ2v) is 5.96. The SMILES string of the molecule is CC1CC(NCc2cc(Br)ccc2F)CC(C)O1. The third kappa shape index (κ3) is 3.77. The molecule has 0 amide bonds. The van der Waals surface area contributed by atoms with Gasteiger partial charge in [-0.15, -0.1) is 0 Å². The van der Waals surface area contributed by atoms with Crippen LogP contribution in [0.15, 0.2) is 22.7 Å². The van der Waals surface area contributed by atoms with Gasteiger partial charge in [0, 0.05) is 22.6 Å². The van der Waals surface area contributed by atoms with Gasteiger partial charge in [-0.3, -0.25) is 0 Å². The molecule has 1 saturated heterocycles. The van der Waals surface area contributed by atoms with Gasteiger partial charge in [-0.05, 0) is 44.9 Å². The van der Waals surface area contributed by atoms with Crippen LogP contribution in [-0.4, -0.2) is 18.2 Å². The highest BCUT2D eigenvalue weighted by molar-refractivity contribution is 9.10. The summed E-state index contributed by atoms with van der Waals surface area (Å²) >= 11 is 3.37. The van der Waals surface area contributed by atoms with Crippen LogP contribution in [0.5, 0.6) is 0 Å². The van der Waals surface area contributed by atoms with Crippen LogP contribution < -0.4 is 5.32 Å². The number of ether oxygens (including phenoxy) is 1. The molecular formula is C14H19BrFNO. The Morgan fingerprint density at radius 2 is 2.00 bits per heavy atom. The van der Waals surface area contributed by atoms with Crippen LogP contribution in [0.1, 0.15) is 32.3 Å². The standard InChI is InChI=1S/C14H19BrFNO/c1-9-5-13(6-10(2)18-9)17-8-11-7-12(15)3-4-14(11)16/h3-4,7,9-10,13,17H,5-6,8H2,1-2H3. The van der Waals surface area contributed by atoms with Crippen LogP contribution in [0.25, 0.3) is 0 Å². The third-order valence-electron chi connectivity index (χ3n) is 3.29. The maximum atomic E-state index is 13.6. The summed E-state index contributed by atoms with van der Waals surface area (Å²) in [5.41, 5.74) is 0.705. The minimum absolute atomic E-state index is 0.154. The molecule has 100 valence electrons. The Labute approximate surface area is 116 Å². The summed E-state index contributed by atoms with van der Waals surface area (Å²) in [6.45, 7) is 4.74. The van der Waals surface area contributed by atoms with Crippen LogP contribution in [0.3, 0.4) is 0 Å². The van der Waals surface area contributed by atoms with Gasteiger partial charge in [0.05, 0.1) is 12.2 Å². The van der Waals surface area contributed by atoms with Crippen molar-refractivity contribution >= 4 is 15.9 Å². The normalized spacial score (nSPS) is 28.3. The molecular weight excluding hydrogens is 297 g/mol. The molecule has 2 rings (SSSR count). The molecule has 4 heteroatoms. The Bertz CT molecular complexity index is 403. The molecule has 0 bridgehead atoms. The molecule has 2 atom stereocenters. The Balaban J connectivity index is 1.92. The van der Waals surface area contributed by atoms with E-state index in [0.717, 1.165) is 17.3 Å². The Morgan fingerprint density at radius 1 is 1.33 bits per heavy atom. The fraction of sp³-hybridized carbons (Fsp3) is 0.571. The zero-order chi connectivity index (χ0) is 13.1. The zero-order valence-corrected chi connectivity index (χ0v) is 12.3. The average Bonchev–Trinajstić information content (AvgIpc) is 2.29. The van der Waals surface area contributed by atoms with E-state index < -0.39 is 0 Å². The quantitative estimate of drug-likeness (QED) is 0.919. The minimum atomic E-state index is -0.154. The van der Waals surface area contributed by atoms with E-state index in [9.17, 15) is 4.39 Å². The first-order chi connectivity index (χ1) is 8.54. The third-order valence-corrected chi connectivity index (χ3v) is 3.78. The van der Waals surface area contributed by atoms with E-state index in [1.807, 2.05) is 6.07 Å². The van der Waals surface area contributed by atoms with Crippen LogP contribution in [0, 0.1) is 5.82 Å². The van der Waals surface area contributed by atoms with E-state index in [2.05, 4.69) is 35.1 Å². The van der Waals surface area contributed by atoms with Crippen molar-refractivity contribution in [1.29, 1.82) is 0 Å². The number of rotatable bonds is 3. The highest BCUT2D eigenvalue weighted by Crippen LogP contribution is 2.20. The van der Waals surface area contributed by atoms with Crippen molar-refractivity contribution in [2.24, 2.45) is 0 Å². The smallest absolute Gasteiger partial charge is 0.127 e. The Kier molecular flexibility index (Phi) is 4.76. The molecule has 1 N–H and O–H groups in total. The van der Waals surface area contributed by atoms with E-state index in [4.69, 9.17) is 4.74 Å². The van der Waals surface area contributed by atoms with Crippen LogP contribution in [0.2, 0.25) is 0 Å². The number of halogens is 2. The summed E-state index contributed by atoms with van der Waals surface area (Å²) in [5, 5.41) is 3.43. The summed E-state index contributed by atoms with van der Waals surface area (Å²) in [7, 11) is 0. The number of hydrogen-bond donors (Lipinski definition) is 1. The maximum Gasteiger partial charge on any atom is 0.127 e. The molecule has 1 aliphatic heterocycles. The summed E-state index contributed by atoms with van der Waals surface area (Å²) in [5.74, 6) is -0.154. The molecule has 1 heterocycles. The monoisotopic (exact) mass is 315 g/mol. The first-order valence-electron chi connectivity index (χ1n) is 6.37. The molecule has 1 aromatic rings. The topological polar surface area (TPSA) is 21.3 Å². The summed E-state index contributed by atoms with van der Waals surface area (Å²) in [6.07, 6.45) is 2.53. The van der Waals surface area contributed by atoms with Crippen molar-refractivity contribution in [3.8, 4) is 0 Å². The van der Waals surface area contributed by atoms with E-state index in [-0.39, 0.29) is 18.0 Å². The van der Waals surface area contributed by atoms with Crippen LogP contribution in [0.4, 0.5) is 4.39 Å². The molecule has 0 spiro atoms. The summed E-state index contributed by atoms with van der Waals surface area (Å²) in [4.78, 5) is 0. The van der Waals surface area contributed by atoms with Crippen LogP contribution >= 0.6 is 15.9 Å². The van der Waals surface area contributed by atoms with Gasteiger partial charge >= 0.3 is 0 Å². The highest BCUT2D eigenvalue weighted by atomic mass is 79.9. The predicted octanol–water partition coefficient (Wildman–Crippen LogP) is 3.63. The van der Waals surface area contributed by atoms with E-state index in [1.165, 1.54) is 6.07 Å². The number of benzene rings is 1. The predicted molar refractivity (Wildman–Crippen MR) is 74.0 cm³/mol. The average molecular weight is 316 g/mol. The lowest BCUT2D eigenvalue weighted by Gasteiger charge is -2.32. The zero-order valence-electron chi connectivity index (χ0n) is 10.7. The molecule has 1 aliphatic rings. The first kappa shape index (κ1) is 14.0. The van der Waals surface area contributed by atoms with Crippen molar-refractivity contribution in [3.05, 3.63) is 34.1 Å². The lowest BCUT2D eigenvalue weighted by Crippen LogP contribution is -2.41. The van der Waals surface area contributed by atoms with E-state index in [1.54, 1.807) is 6.07 Å².